The van der Waals surface area contributed by atoms with Crippen molar-refractivity contribution in [3.63, 3.8) is 0 Å². The fourth-order valence-electron chi connectivity index (χ4n) is 3.15. The summed E-state index contributed by atoms with van der Waals surface area (Å²) in [7, 11) is 1.70. The molecule has 2 heterocycles. The van der Waals surface area contributed by atoms with Gasteiger partial charge in [0.1, 0.15) is 11.8 Å². The number of allylic oxidation sites excluding steroid dienone is 1. The van der Waals surface area contributed by atoms with Gasteiger partial charge in [-0.25, -0.2) is 0 Å². The first-order valence-electron chi connectivity index (χ1n) is 8.42. The predicted molar refractivity (Wildman–Crippen MR) is 103 cm³/mol. The zero-order valence-corrected chi connectivity index (χ0v) is 15.4. The minimum Gasteiger partial charge on any atom is -0.366 e. The number of ether oxygens (including phenoxy) is 1. The Hall–Kier alpha value is -2.05. The number of amides is 1. The van der Waals surface area contributed by atoms with Crippen LogP contribution in [0.15, 0.2) is 44.9 Å². The Labute approximate surface area is 152 Å². The average Bonchev–Trinajstić information content (AvgIpc) is 2.58. The maximum Gasteiger partial charge on any atom is 0.241 e. The van der Waals surface area contributed by atoms with Gasteiger partial charge >= 0.3 is 0 Å². The highest BCUT2D eigenvalue weighted by Gasteiger charge is 2.29. The molecule has 2 aliphatic rings. The molecule has 1 aromatic rings. The normalized spacial score (nSPS) is 20.2. The van der Waals surface area contributed by atoms with E-state index in [4.69, 9.17) is 15.5 Å². The van der Waals surface area contributed by atoms with E-state index in [2.05, 4.69) is 24.0 Å². The fraction of sp³-hybridized carbons (Fsp3) is 0.368. The number of nitrogens with zero attached hydrogens (tertiary/aromatic N) is 2. The molecule has 1 atom stereocenters. The van der Waals surface area contributed by atoms with Gasteiger partial charge < -0.3 is 15.4 Å². The Bertz CT molecular complexity index is 755. The van der Waals surface area contributed by atoms with Gasteiger partial charge in [-0.15, -0.1) is 0 Å². The number of carbonyl (C=O) groups is 1. The molecule has 0 aliphatic carbocycles. The molecule has 1 aromatic carbocycles. The van der Waals surface area contributed by atoms with Crippen LogP contribution in [0.4, 0.5) is 5.69 Å². The SMILES string of the molecule is COCN1C2=C(N=CCCC[C@@H]2C)Sc2ccc(/C=C/C(N)=O)cc21. The van der Waals surface area contributed by atoms with Crippen LogP contribution in [0.1, 0.15) is 31.7 Å². The van der Waals surface area contributed by atoms with E-state index >= 15 is 0 Å². The lowest BCUT2D eigenvalue weighted by molar-refractivity contribution is -0.113. The highest BCUT2D eigenvalue weighted by Crippen LogP contribution is 2.47. The van der Waals surface area contributed by atoms with Crippen molar-refractivity contribution in [2.75, 3.05) is 18.7 Å². The van der Waals surface area contributed by atoms with Crippen molar-refractivity contribution in [2.45, 2.75) is 31.1 Å². The van der Waals surface area contributed by atoms with Crippen molar-refractivity contribution in [3.8, 4) is 0 Å². The highest BCUT2D eigenvalue weighted by molar-refractivity contribution is 8.03. The van der Waals surface area contributed by atoms with Crippen molar-refractivity contribution in [2.24, 2.45) is 16.6 Å². The molecule has 0 radical (unpaired) electrons. The third-order valence-electron chi connectivity index (χ3n) is 4.33. The lowest BCUT2D eigenvalue weighted by atomic mass is 9.98. The summed E-state index contributed by atoms with van der Waals surface area (Å²) in [5.74, 6) is -0.0399. The van der Waals surface area contributed by atoms with Crippen LogP contribution in [-0.4, -0.2) is 26.0 Å². The van der Waals surface area contributed by atoms with Crippen molar-refractivity contribution in [1.29, 1.82) is 0 Å². The molecule has 0 unspecified atom stereocenters. The zero-order valence-electron chi connectivity index (χ0n) is 14.6. The first kappa shape index (κ1) is 17.8. The monoisotopic (exact) mass is 357 g/mol. The Morgan fingerprint density at radius 3 is 3.12 bits per heavy atom. The van der Waals surface area contributed by atoms with E-state index in [1.807, 2.05) is 12.3 Å². The van der Waals surface area contributed by atoms with Crippen LogP contribution >= 0.6 is 11.8 Å². The first-order chi connectivity index (χ1) is 12.1. The van der Waals surface area contributed by atoms with Gasteiger partial charge in [-0.1, -0.05) is 24.8 Å². The second kappa shape index (κ2) is 7.89. The molecule has 3 rings (SSSR count). The number of hydrogen-bond donors (Lipinski definition) is 1. The minimum atomic E-state index is -0.450. The number of benzene rings is 1. The summed E-state index contributed by atoms with van der Waals surface area (Å²) in [6.07, 6.45) is 8.43. The third-order valence-corrected chi connectivity index (χ3v) is 5.41. The standard InChI is InChI=1S/C19H23N3O2S/c1-13-5-3-4-10-21-19-18(13)22(12-24-2)15-11-14(7-9-17(20)23)6-8-16(15)25-19/h6-11,13H,3-5,12H2,1-2H3,(H2,20,23)/b9-7+,21-10?/t13-/m0/s1. The maximum absolute atomic E-state index is 11.0. The van der Waals surface area contributed by atoms with Gasteiger partial charge in [0.15, 0.2) is 0 Å². The van der Waals surface area contributed by atoms with Crippen LogP contribution in [0.25, 0.3) is 6.08 Å². The lowest BCUT2D eigenvalue weighted by Crippen LogP contribution is -2.32. The van der Waals surface area contributed by atoms with Crippen LogP contribution in [-0.2, 0) is 9.53 Å². The number of fused-ring (bicyclic) bond motifs is 1. The smallest absolute Gasteiger partial charge is 0.241 e. The molecule has 2 N–H and O–H groups in total. The molecule has 5 nitrogen and oxygen atoms in total. The molecular formula is C19H23N3O2S. The van der Waals surface area contributed by atoms with E-state index in [0.29, 0.717) is 12.6 Å². The summed E-state index contributed by atoms with van der Waals surface area (Å²) >= 11 is 1.70. The van der Waals surface area contributed by atoms with Gasteiger partial charge in [0.2, 0.25) is 5.91 Å². The summed E-state index contributed by atoms with van der Waals surface area (Å²) < 4.78 is 5.48. The van der Waals surface area contributed by atoms with E-state index < -0.39 is 5.91 Å². The maximum atomic E-state index is 11.0. The van der Waals surface area contributed by atoms with Gasteiger partial charge in [-0.05, 0) is 49.0 Å². The van der Waals surface area contributed by atoms with Crippen LogP contribution in [0, 0.1) is 5.92 Å². The lowest BCUT2D eigenvalue weighted by Gasteiger charge is -2.36. The number of carbonyl (C=O) groups excluding carboxylic acids is 1. The third kappa shape index (κ3) is 3.96. The number of methoxy groups -OCH3 is 1. The number of anilines is 1. The zero-order chi connectivity index (χ0) is 17.8. The Balaban J connectivity index is 2.05. The topological polar surface area (TPSA) is 67.9 Å². The van der Waals surface area contributed by atoms with E-state index in [1.165, 1.54) is 11.8 Å². The second-order valence-electron chi connectivity index (χ2n) is 6.24. The fourth-order valence-corrected chi connectivity index (χ4v) is 4.31. The number of nitrogens with two attached hydrogens (primary N) is 1. The van der Waals surface area contributed by atoms with Gasteiger partial charge in [0.05, 0.1) is 11.4 Å². The van der Waals surface area contributed by atoms with E-state index in [-0.39, 0.29) is 0 Å². The molecule has 25 heavy (non-hydrogen) atoms. The molecule has 6 heteroatoms. The first-order valence-corrected chi connectivity index (χ1v) is 9.24. The predicted octanol–water partition coefficient (Wildman–Crippen LogP) is 3.76. The van der Waals surface area contributed by atoms with Crippen molar-refractivity contribution >= 4 is 35.6 Å². The van der Waals surface area contributed by atoms with E-state index in [1.54, 1.807) is 24.9 Å². The molecule has 0 aromatic heterocycles. The van der Waals surface area contributed by atoms with Gasteiger partial charge in [-0.2, -0.15) is 0 Å². The van der Waals surface area contributed by atoms with Crippen LogP contribution in [0.3, 0.4) is 0 Å². The molecular weight excluding hydrogens is 334 g/mol. The molecule has 0 bridgehead atoms. The van der Waals surface area contributed by atoms with E-state index in [9.17, 15) is 4.79 Å². The number of aliphatic imine (C=N–C) groups is 1. The van der Waals surface area contributed by atoms with Gasteiger partial charge in [-0.3, -0.25) is 9.79 Å². The Kier molecular flexibility index (Phi) is 5.60. The molecule has 1 amide bonds. The second-order valence-corrected chi connectivity index (χ2v) is 7.28. The molecule has 2 aliphatic heterocycles. The molecule has 0 saturated heterocycles. The van der Waals surface area contributed by atoms with Gasteiger partial charge in [0.25, 0.3) is 0 Å². The summed E-state index contributed by atoms with van der Waals surface area (Å²) in [5, 5.41) is 1.05. The van der Waals surface area contributed by atoms with Crippen molar-refractivity contribution in [3.05, 3.63) is 40.6 Å². The van der Waals surface area contributed by atoms with Crippen LogP contribution in [0.5, 0.6) is 0 Å². The van der Waals surface area contributed by atoms with E-state index in [0.717, 1.165) is 40.4 Å². The van der Waals surface area contributed by atoms with Crippen LogP contribution in [0.2, 0.25) is 0 Å². The number of rotatable bonds is 4. The summed E-state index contributed by atoms with van der Waals surface area (Å²) in [6.45, 7) is 2.72. The molecule has 0 saturated carbocycles. The molecule has 0 fully saturated rings. The van der Waals surface area contributed by atoms with Gasteiger partial charge in [0, 0.05) is 24.3 Å². The van der Waals surface area contributed by atoms with Crippen molar-refractivity contribution < 1.29 is 9.53 Å². The quantitative estimate of drug-likeness (QED) is 0.833. The van der Waals surface area contributed by atoms with Crippen LogP contribution < -0.4 is 10.6 Å². The summed E-state index contributed by atoms with van der Waals surface area (Å²) in [5.41, 5.74) is 8.44. The number of primary amides is 1. The number of hydrogen-bond acceptors (Lipinski definition) is 5. The highest BCUT2D eigenvalue weighted by atomic mass is 32.2. The largest absolute Gasteiger partial charge is 0.366 e. The molecule has 0 spiro atoms. The average molecular weight is 357 g/mol. The van der Waals surface area contributed by atoms with Crippen molar-refractivity contribution in [1.82, 2.24) is 0 Å². The minimum absolute atomic E-state index is 0.410. The Morgan fingerprint density at radius 2 is 2.36 bits per heavy atom. The summed E-state index contributed by atoms with van der Waals surface area (Å²) in [6, 6.07) is 6.11. The summed E-state index contributed by atoms with van der Waals surface area (Å²) in [4.78, 5) is 19.1. The Morgan fingerprint density at radius 1 is 1.52 bits per heavy atom. The number of thioether (sulfide) groups is 1. The molecule has 132 valence electrons.